The van der Waals surface area contributed by atoms with Gasteiger partial charge in [0.25, 0.3) is 0 Å². The van der Waals surface area contributed by atoms with Crippen LogP contribution in [0.1, 0.15) is 17.5 Å². The summed E-state index contributed by atoms with van der Waals surface area (Å²) in [7, 11) is 0. The van der Waals surface area contributed by atoms with E-state index in [1.165, 1.54) is 16.7 Å². The molecule has 4 rings (SSSR count). The molecule has 0 saturated carbocycles. The van der Waals surface area contributed by atoms with Gasteiger partial charge in [0, 0.05) is 16.0 Å². The normalized spacial score (nSPS) is 19.8. The molecule has 0 aliphatic carbocycles. The van der Waals surface area contributed by atoms with Crippen LogP contribution in [0.4, 0.5) is 5.69 Å². The number of carbonyl (C=O) groups excluding carboxylic acids is 1. The predicted molar refractivity (Wildman–Crippen MR) is 108 cm³/mol. The molecule has 0 atom stereocenters. The molecule has 130 valence electrons. The van der Waals surface area contributed by atoms with Crippen molar-refractivity contribution in [2.24, 2.45) is 0 Å². The summed E-state index contributed by atoms with van der Waals surface area (Å²) in [5.74, 6) is 0.166. The van der Waals surface area contributed by atoms with Crippen LogP contribution in [0, 0.1) is 12.3 Å². The van der Waals surface area contributed by atoms with Gasteiger partial charge in [0.15, 0.2) is 0 Å². The van der Waals surface area contributed by atoms with Gasteiger partial charge in [-0.2, -0.15) is 0 Å². The minimum absolute atomic E-state index is 0.0749. The van der Waals surface area contributed by atoms with Crippen LogP contribution >= 0.6 is 23.4 Å². The Bertz CT molecular complexity index is 979. The van der Waals surface area contributed by atoms with Crippen LogP contribution in [0.15, 0.2) is 64.5 Å². The molecule has 0 radical (unpaired) electrons. The first kappa shape index (κ1) is 16.9. The Balaban J connectivity index is 1.61. The number of aryl methyl sites for hydroxylation is 1. The Hall–Kier alpha value is -2.50. The average molecular weight is 382 g/mol. The number of benzene rings is 2. The first-order chi connectivity index (χ1) is 12.5. The number of carbonyl (C=O) groups is 1. The number of amides is 1. The van der Waals surface area contributed by atoms with Gasteiger partial charge in [0.1, 0.15) is 5.84 Å². The molecule has 2 aromatic carbocycles. The van der Waals surface area contributed by atoms with Crippen molar-refractivity contribution in [2.75, 3.05) is 4.90 Å². The fourth-order valence-electron chi connectivity index (χ4n) is 3.05. The Labute approximate surface area is 161 Å². The van der Waals surface area contributed by atoms with E-state index in [2.05, 4.69) is 5.32 Å². The summed E-state index contributed by atoms with van der Waals surface area (Å²) in [5.41, 5.74) is 4.44. The molecule has 6 heteroatoms. The lowest BCUT2D eigenvalue weighted by Gasteiger charge is -2.18. The van der Waals surface area contributed by atoms with Gasteiger partial charge in [-0.05, 0) is 36.2 Å². The van der Waals surface area contributed by atoms with Crippen LogP contribution in [-0.4, -0.2) is 11.7 Å². The van der Waals surface area contributed by atoms with Crippen LogP contribution in [0.5, 0.6) is 0 Å². The van der Waals surface area contributed by atoms with Gasteiger partial charge >= 0.3 is 0 Å². The molecule has 1 fully saturated rings. The van der Waals surface area contributed by atoms with E-state index in [4.69, 9.17) is 17.0 Å². The molecule has 26 heavy (non-hydrogen) atoms. The summed E-state index contributed by atoms with van der Waals surface area (Å²) in [6.07, 6.45) is 0.226. The van der Waals surface area contributed by atoms with Crippen LogP contribution < -0.4 is 10.2 Å². The summed E-state index contributed by atoms with van der Waals surface area (Å²) < 4.78 is 0. The van der Waals surface area contributed by atoms with Crippen molar-refractivity contribution >= 4 is 46.5 Å². The topological polar surface area (TPSA) is 56.2 Å². The first-order valence-electron chi connectivity index (χ1n) is 8.15. The van der Waals surface area contributed by atoms with Crippen LogP contribution in [0.3, 0.4) is 0 Å². The van der Waals surface area contributed by atoms with Crippen molar-refractivity contribution in [2.45, 2.75) is 13.3 Å². The summed E-state index contributed by atoms with van der Waals surface area (Å²) in [6.45, 7) is 1.95. The third-order valence-corrected chi connectivity index (χ3v) is 5.61. The van der Waals surface area contributed by atoms with Crippen molar-refractivity contribution in [1.29, 1.82) is 5.41 Å². The summed E-state index contributed by atoms with van der Waals surface area (Å²) in [6, 6.07) is 15.2. The largest absolute Gasteiger partial charge is 0.349 e. The summed E-state index contributed by atoms with van der Waals surface area (Å²) in [4.78, 5) is 14.1. The molecule has 2 heterocycles. The van der Waals surface area contributed by atoms with E-state index >= 15 is 0 Å². The van der Waals surface area contributed by atoms with E-state index in [0.29, 0.717) is 5.02 Å². The van der Waals surface area contributed by atoms with Gasteiger partial charge in [0.2, 0.25) is 5.91 Å². The molecule has 1 saturated heterocycles. The van der Waals surface area contributed by atoms with E-state index in [-0.39, 0.29) is 18.2 Å². The number of thioether (sulfide) groups is 1. The minimum atomic E-state index is -0.0749. The number of halogens is 1. The first-order valence-corrected chi connectivity index (χ1v) is 9.41. The number of rotatable bonds is 2. The number of hydrogen-bond acceptors (Lipinski definition) is 4. The van der Waals surface area contributed by atoms with Gasteiger partial charge in [-0.15, -0.1) is 0 Å². The monoisotopic (exact) mass is 381 g/mol. The maximum Gasteiger partial charge on any atom is 0.237 e. The molecule has 2 N–H and O–H groups in total. The standard InChI is InChI=1S/C20H16ClN3OS/c1-12-4-2-3-5-17(12)24-18(25)10-15(19(24)22)20-23-16(11-26-20)13-6-8-14(21)9-7-13/h2-9,11,22-23H,10H2,1H3. The lowest BCUT2D eigenvalue weighted by molar-refractivity contribution is -0.116. The van der Waals surface area contributed by atoms with Gasteiger partial charge in [-0.1, -0.05) is 53.7 Å². The predicted octanol–water partition coefficient (Wildman–Crippen LogP) is 4.91. The number of nitrogens with one attached hydrogen (secondary N) is 2. The number of nitrogens with zero attached hydrogens (tertiary/aromatic N) is 1. The van der Waals surface area contributed by atoms with E-state index in [9.17, 15) is 4.79 Å². The van der Waals surface area contributed by atoms with Crippen LogP contribution in [-0.2, 0) is 4.79 Å². The molecule has 0 aromatic heterocycles. The van der Waals surface area contributed by atoms with Gasteiger partial charge < -0.3 is 5.32 Å². The smallest absolute Gasteiger partial charge is 0.237 e. The zero-order chi connectivity index (χ0) is 18.3. The molecular formula is C20H16ClN3OS. The van der Waals surface area contributed by atoms with E-state index in [1.54, 1.807) is 0 Å². The third-order valence-electron chi connectivity index (χ3n) is 4.42. The number of hydrogen-bond donors (Lipinski definition) is 2. The van der Waals surface area contributed by atoms with Crippen molar-refractivity contribution in [3.8, 4) is 0 Å². The lowest BCUT2D eigenvalue weighted by atomic mass is 10.1. The van der Waals surface area contributed by atoms with Gasteiger partial charge in [-0.25, -0.2) is 0 Å². The molecule has 2 aliphatic rings. The molecule has 2 aromatic rings. The molecule has 1 amide bonds. The summed E-state index contributed by atoms with van der Waals surface area (Å²) >= 11 is 7.46. The molecule has 0 bridgehead atoms. The van der Waals surface area contributed by atoms with Crippen molar-refractivity contribution in [1.82, 2.24) is 5.32 Å². The molecule has 2 aliphatic heterocycles. The fourth-order valence-corrected chi connectivity index (χ4v) is 4.08. The second-order valence-corrected chi connectivity index (χ2v) is 7.45. The number of amidine groups is 1. The van der Waals surface area contributed by atoms with Crippen molar-refractivity contribution in [3.63, 3.8) is 0 Å². The molecule has 0 spiro atoms. The Morgan fingerprint density at radius 3 is 2.62 bits per heavy atom. The molecular weight excluding hydrogens is 366 g/mol. The third kappa shape index (κ3) is 2.93. The minimum Gasteiger partial charge on any atom is -0.349 e. The van der Waals surface area contributed by atoms with E-state index in [1.807, 2.05) is 60.9 Å². The summed E-state index contributed by atoms with van der Waals surface area (Å²) in [5, 5.41) is 15.4. The van der Waals surface area contributed by atoms with Crippen molar-refractivity contribution < 1.29 is 4.79 Å². The number of para-hydroxylation sites is 1. The Kier molecular flexibility index (Phi) is 4.34. The van der Waals surface area contributed by atoms with E-state index in [0.717, 1.165) is 33.1 Å². The quantitative estimate of drug-likeness (QED) is 0.777. The van der Waals surface area contributed by atoms with Crippen LogP contribution in [0.25, 0.3) is 5.70 Å². The SMILES string of the molecule is Cc1ccccc1N1C(=N)C(=C2NC(c3ccc(Cl)cc3)=CS2)CC1=O. The molecule has 4 nitrogen and oxygen atoms in total. The van der Waals surface area contributed by atoms with E-state index < -0.39 is 0 Å². The maximum absolute atomic E-state index is 12.6. The highest BCUT2D eigenvalue weighted by atomic mass is 35.5. The average Bonchev–Trinajstić information content (AvgIpc) is 3.22. The zero-order valence-corrected chi connectivity index (χ0v) is 15.6. The Morgan fingerprint density at radius 1 is 1.15 bits per heavy atom. The highest BCUT2D eigenvalue weighted by Crippen LogP contribution is 2.37. The molecule has 0 unspecified atom stereocenters. The van der Waals surface area contributed by atoms with Gasteiger partial charge in [-0.3, -0.25) is 15.1 Å². The Morgan fingerprint density at radius 2 is 1.88 bits per heavy atom. The highest BCUT2D eigenvalue weighted by molar-refractivity contribution is 8.06. The second-order valence-electron chi connectivity index (χ2n) is 6.13. The maximum atomic E-state index is 12.6. The van der Waals surface area contributed by atoms with Gasteiger partial charge in [0.05, 0.1) is 22.8 Å². The highest BCUT2D eigenvalue weighted by Gasteiger charge is 2.35. The zero-order valence-electron chi connectivity index (χ0n) is 14.0. The van der Waals surface area contributed by atoms with Crippen LogP contribution in [0.2, 0.25) is 5.02 Å². The number of anilines is 1. The van der Waals surface area contributed by atoms with Crippen molar-refractivity contribution in [3.05, 3.63) is 80.7 Å². The fraction of sp³-hybridized carbons (Fsp3) is 0.100. The lowest BCUT2D eigenvalue weighted by Crippen LogP contribution is -2.29. The second kappa shape index (κ2) is 6.67.